The summed E-state index contributed by atoms with van der Waals surface area (Å²) in [6.07, 6.45) is 0.0774. The van der Waals surface area contributed by atoms with E-state index in [0.717, 1.165) is 0 Å². The highest BCUT2D eigenvalue weighted by molar-refractivity contribution is 5.82. The van der Waals surface area contributed by atoms with Gasteiger partial charge in [-0.1, -0.05) is 30.3 Å². The molecular formula is C15H23N3O2. The Labute approximate surface area is 120 Å². The molecular weight excluding hydrogens is 254 g/mol. The average Bonchev–Trinajstić information content (AvgIpc) is 2.86. The predicted molar refractivity (Wildman–Crippen MR) is 78.3 cm³/mol. The molecule has 1 aromatic carbocycles. The van der Waals surface area contributed by atoms with E-state index in [1.807, 2.05) is 32.3 Å². The number of hydrogen-bond acceptors (Lipinski definition) is 4. The number of nitrogens with zero attached hydrogens (tertiary/aromatic N) is 1. The van der Waals surface area contributed by atoms with Crippen molar-refractivity contribution in [2.75, 3.05) is 27.2 Å². The van der Waals surface area contributed by atoms with Crippen LogP contribution in [0.25, 0.3) is 0 Å². The smallest absolute Gasteiger partial charge is 0.237 e. The second-order valence-electron chi connectivity index (χ2n) is 5.49. The van der Waals surface area contributed by atoms with Crippen LogP contribution in [0, 0.1) is 0 Å². The zero-order valence-electron chi connectivity index (χ0n) is 12.0. The molecule has 110 valence electrons. The molecule has 5 nitrogen and oxygen atoms in total. The largest absolute Gasteiger partial charge is 0.392 e. The minimum absolute atomic E-state index is 0.0377. The zero-order valence-corrected chi connectivity index (χ0v) is 12.0. The lowest BCUT2D eigenvalue weighted by Crippen LogP contribution is -2.43. The van der Waals surface area contributed by atoms with E-state index >= 15 is 0 Å². The molecule has 2 rings (SSSR count). The number of likely N-dealkylation sites (N-methyl/N-ethyl adjacent to an activating group) is 1. The van der Waals surface area contributed by atoms with Gasteiger partial charge in [0.05, 0.1) is 18.2 Å². The monoisotopic (exact) mass is 277 g/mol. The van der Waals surface area contributed by atoms with Gasteiger partial charge in [-0.05, 0) is 26.1 Å². The van der Waals surface area contributed by atoms with Crippen molar-refractivity contribution in [2.45, 2.75) is 24.6 Å². The Kier molecular flexibility index (Phi) is 5.11. The van der Waals surface area contributed by atoms with E-state index < -0.39 is 6.10 Å². The summed E-state index contributed by atoms with van der Waals surface area (Å²) >= 11 is 0. The molecule has 1 amide bonds. The van der Waals surface area contributed by atoms with E-state index in [4.69, 9.17) is 0 Å². The van der Waals surface area contributed by atoms with Gasteiger partial charge in [0.2, 0.25) is 5.91 Å². The Bertz CT molecular complexity index is 436. The van der Waals surface area contributed by atoms with Gasteiger partial charge in [-0.15, -0.1) is 0 Å². The van der Waals surface area contributed by atoms with Crippen LogP contribution in [0.2, 0.25) is 0 Å². The lowest BCUT2D eigenvalue weighted by atomic mass is 10.1. The molecule has 1 aromatic rings. The van der Waals surface area contributed by atoms with Gasteiger partial charge in [0.15, 0.2) is 0 Å². The highest BCUT2D eigenvalue weighted by Crippen LogP contribution is 2.17. The normalized spacial score (nSPS) is 23.8. The van der Waals surface area contributed by atoms with Gasteiger partial charge >= 0.3 is 0 Å². The van der Waals surface area contributed by atoms with Gasteiger partial charge in [0.1, 0.15) is 0 Å². The van der Waals surface area contributed by atoms with Gasteiger partial charge in [0, 0.05) is 13.1 Å². The molecule has 1 aliphatic rings. The summed E-state index contributed by atoms with van der Waals surface area (Å²) in [6, 6.07) is 9.99. The predicted octanol–water partition coefficient (Wildman–Crippen LogP) is 0.128. The summed E-state index contributed by atoms with van der Waals surface area (Å²) in [7, 11) is 4.00. The summed E-state index contributed by atoms with van der Waals surface area (Å²) in [5, 5.41) is 15.4. The Morgan fingerprint density at radius 2 is 2.15 bits per heavy atom. The van der Waals surface area contributed by atoms with E-state index in [0.29, 0.717) is 19.5 Å². The fraction of sp³-hybridized carbons (Fsp3) is 0.533. The summed E-state index contributed by atoms with van der Waals surface area (Å²) in [5.41, 5.74) is 1.18. The zero-order chi connectivity index (χ0) is 14.5. The molecule has 0 aromatic heterocycles. The molecule has 5 heteroatoms. The van der Waals surface area contributed by atoms with Crippen molar-refractivity contribution in [3.05, 3.63) is 35.9 Å². The molecule has 0 radical (unpaired) electrons. The number of rotatable bonds is 5. The summed E-state index contributed by atoms with van der Waals surface area (Å²) in [5.74, 6) is -0.0377. The van der Waals surface area contributed by atoms with Gasteiger partial charge in [-0.3, -0.25) is 4.79 Å². The minimum atomic E-state index is -0.412. The highest BCUT2D eigenvalue weighted by Gasteiger charge is 2.28. The number of benzene rings is 1. The van der Waals surface area contributed by atoms with E-state index in [1.165, 1.54) is 5.56 Å². The fourth-order valence-electron chi connectivity index (χ4n) is 2.51. The lowest BCUT2D eigenvalue weighted by molar-refractivity contribution is -0.123. The topological polar surface area (TPSA) is 64.6 Å². The standard InChI is InChI=1S/C15H23N3O2/c1-18(2)14(11-6-4-3-5-7-11)10-17-15(20)13-8-12(19)9-16-13/h3-7,12-14,16,19H,8-10H2,1-2H3,(H,17,20)/t12-,13+,14-/m1/s1. The average molecular weight is 277 g/mol. The first-order chi connectivity index (χ1) is 9.58. The van der Waals surface area contributed by atoms with Crippen LogP contribution in [0.1, 0.15) is 18.0 Å². The number of carbonyl (C=O) groups is 1. The molecule has 3 atom stereocenters. The third-order valence-corrected chi connectivity index (χ3v) is 3.70. The van der Waals surface area contributed by atoms with Gasteiger partial charge in [-0.2, -0.15) is 0 Å². The maximum absolute atomic E-state index is 12.0. The number of nitrogens with one attached hydrogen (secondary N) is 2. The molecule has 3 N–H and O–H groups in total. The molecule has 0 spiro atoms. The summed E-state index contributed by atoms with van der Waals surface area (Å²) in [6.45, 7) is 1.05. The van der Waals surface area contributed by atoms with Crippen LogP contribution >= 0.6 is 0 Å². The van der Waals surface area contributed by atoms with Crippen LogP contribution in [-0.4, -0.2) is 55.2 Å². The molecule has 1 fully saturated rings. The second kappa shape index (κ2) is 6.83. The van der Waals surface area contributed by atoms with Crippen molar-refractivity contribution in [3.63, 3.8) is 0 Å². The lowest BCUT2D eigenvalue weighted by Gasteiger charge is -2.25. The van der Waals surface area contributed by atoms with Crippen LogP contribution in [0.4, 0.5) is 0 Å². The SMILES string of the molecule is CN(C)[C@H](CNC(=O)[C@@H]1C[C@@H](O)CN1)c1ccccc1. The Balaban J connectivity index is 1.91. The molecule has 0 aliphatic carbocycles. The Morgan fingerprint density at radius 1 is 1.45 bits per heavy atom. The van der Waals surface area contributed by atoms with E-state index in [1.54, 1.807) is 0 Å². The Morgan fingerprint density at radius 3 is 2.70 bits per heavy atom. The second-order valence-corrected chi connectivity index (χ2v) is 5.49. The van der Waals surface area contributed by atoms with Crippen LogP contribution in [0.15, 0.2) is 30.3 Å². The van der Waals surface area contributed by atoms with Crippen LogP contribution in [0.5, 0.6) is 0 Å². The maximum atomic E-state index is 12.0. The quantitative estimate of drug-likeness (QED) is 0.716. The summed E-state index contributed by atoms with van der Waals surface area (Å²) in [4.78, 5) is 14.1. The number of β-amino-alcohol motifs (C(OH)–C–C–N with tert-alkyl or cyclic N) is 1. The third-order valence-electron chi connectivity index (χ3n) is 3.70. The first-order valence-electron chi connectivity index (χ1n) is 6.98. The maximum Gasteiger partial charge on any atom is 0.237 e. The van der Waals surface area contributed by atoms with Gasteiger partial charge < -0.3 is 20.6 Å². The van der Waals surface area contributed by atoms with Gasteiger partial charge in [-0.25, -0.2) is 0 Å². The van der Waals surface area contributed by atoms with E-state index in [-0.39, 0.29) is 18.0 Å². The molecule has 20 heavy (non-hydrogen) atoms. The first kappa shape index (κ1) is 15.0. The number of aliphatic hydroxyl groups is 1. The number of hydrogen-bond donors (Lipinski definition) is 3. The molecule has 1 aliphatic heterocycles. The number of amides is 1. The molecule has 1 saturated heterocycles. The van der Waals surface area contributed by atoms with Crippen molar-refractivity contribution in [2.24, 2.45) is 0 Å². The van der Waals surface area contributed by atoms with Crippen molar-refractivity contribution >= 4 is 5.91 Å². The molecule has 1 heterocycles. The minimum Gasteiger partial charge on any atom is -0.392 e. The van der Waals surface area contributed by atoms with Crippen LogP contribution < -0.4 is 10.6 Å². The Hall–Kier alpha value is -1.43. The van der Waals surface area contributed by atoms with Crippen molar-refractivity contribution in [1.29, 1.82) is 0 Å². The van der Waals surface area contributed by atoms with Gasteiger partial charge in [0.25, 0.3) is 0 Å². The molecule has 0 bridgehead atoms. The van der Waals surface area contributed by atoms with Crippen LogP contribution in [0.3, 0.4) is 0 Å². The first-order valence-corrected chi connectivity index (χ1v) is 6.98. The third kappa shape index (κ3) is 3.79. The molecule has 0 saturated carbocycles. The fourth-order valence-corrected chi connectivity index (χ4v) is 2.51. The molecule has 0 unspecified atom stereocenters. The number of carbonyl (C=O) groups excluding carboxylic acids is 1. The van der Waals surface area contributed by atoms with Crippen LogP contribution in [-0.2, 0) is 4.79 Å². The highest BCUT2D eigenvalue weighted by atomic mass is 16.3. The van der Waals surface area contributed by atoms with E-state index in [9.17, 15) is 9.90 Å². The number of aliphatic hydroxyl groups excluding tert-OH is 1. The van der Waals surface area contributed by atoms with Crippen molar-refractivity contribution in [1.82, 2.24) is 15.5 Å². The van der Waals surface area contributed by atoms with E-state index in [2.05, 4.69) is 27.7 Å². The summed E-state index contributed by atoms with van der Waals surface area (Å²) < 4.78 is 0. The van der Waals surface area contributed by atoms with Crippen molar-refractivity contribution < 1.29 is 9.90 Å². The van der Waals surface area contributed by atoms with Crippen molar-refractivity contribution in [3.8, 4) is 0 Å².